The average Bonchev–Trinajstić information content (AvgIpc) is 2.95. The van der Waals surface area contributed by atoms with Gasteiger partial charge < -0.3 is 19.8 Å². The van der Waals surface area contributed by atoms with Gasteiger partial charge in [0.15, 0.2) is 0 Å². The summed E-state index contributed by atoms with van der Waals surface area (Å²) in [7, 11) is 0. The summed E-state index contributed by atoms with van der Waals surface area (Å²) in [6.07, 6.45) is 0.766. The molecule has 150 valence electrons. The summed E-state index contributed by atoms with van der Waals surface area (Å²) in [5, 5.41) is 2.81. The van der Waals surface area contributed by atoms with Gasteiger partial charge in [-0.1, -0.05) is 0 Å². The molecule has 28 heavy (non-hydrogen) atoms. The fourth-order valence-electron chi connectivity index (χ4n) is 2.94. The third kappa shape index (κ3) is 5.22. The quantitative estimate of drug-likeness (QED) is 0.676. The zero-order valence-electron chi connectivity index (χ0n) is 16.7. The maximum atomic E-state index is 12.3. The Morgan fingerprint density at radius 3 is 2.18 bits per heavy atom. The summed E-state index contributed by atoms with van der Waals surface area (Å²) < 4.78 is 9.97. The van der Waals surface area contributed by atoms with Crippen molar-refractivity contribution in [3.8, 4) is 0 Å². The molecule has 0 atom stereocenters. The summed E-state index contributed by atoms with van der Waals surface area (Å²) in [5.74, 6) is -0.932. The number of ether oxygens (including phenoxy) is 2. The summed E-state index contributed by atoms with van der Waals surface area (Å²) in [6, 6.07) is 6.55. The van der Waals surface area contributed by atoms with E-state index in [1.165, 1.54) is 0 Å². The Hall–Kier alpha value is -3.09. The molecule has 0 unspecified atom stereocenters. The number of hydrogen-bond donors (Lipinski definition) is 2. The normalized spacial score (nSPS) is 10.4. The van der Waals surface area contributed by atoms with E-state index in [1.807, 2.05) is 13.8 Å². The molecule has 7 heteroatoms. The monoisotopic (exact) mass is 386 g/mol. The number of carbonyl (C=O) groups is 3. The lowest BCUT2D eigenvalue weighted by molar-refractivity contribution is -0.116. The van der Waals surface area contributed by atoms with Gasteiger partial charge in [0.05, 0.1) is 18.8 Å². The molecule has 0 radical (unpaired) electrons. The van der Waals surface area contributed by atoms with E-state index in [9.17, 15) is 14.4 Å². The van der Waals surface area contributed by atoms with Gasteiger partial charge in [-0.2, -0.15) is 0 Å². The van der Waals surface area contributed by atoms with Crippen LogP contribution in [0.1, 0.15) is 57.9 Å². The van der Waals surface area contributed by atoms with Gasteiger partial charge >= 0.3 is 11.9 Å². The van der Waals surface area contributed by atoms with Gasteiger partial charge in [0, 0.05) is 17.8 Å². The lowest BCUT2D eigenvalue weighted by Gasteiger charge is -2.07. The Kier molecular flexibility index (Phi) is 7.37. The molecule has 0 saturated carbocycles. The Bertz CT molecular complexity index is 852. The van der Waals surface area contributed by atoms with Crippen molar-refractivity contribution in [2.75, 3.05) is 18.5 Å². The highest BCUT2D eigenvalue weighted by molar-refractivity contribution is 5.93. The van der Waals surface area contributed by atoms with Crippen molar-refractivity contribution in [2.24, 2.45) is 0 Å². The molecule has 0 aliphatic carbocycles. The Morgan fingerprint density at radius 1 is 0.964 bits per heavy atom. The van der Waals surface area contributed by atoms with Gasteiger partial charge in [-0.3, -0.25) is 4.79 Å². The van der Waals surface area contributed by atoms with Crippen molar-refractivity contribution in [1.82, 2.24) is 4.98 Å². The molecule has 0 saturated heterocycles. The maximum Gasteiger partial charge on any atom is 0.355 e. The van der Waals surface area contributed by atoms with Gasteiger partial charge in [-0.05, 0) is 69.5 Å². The minimum atomic E-state index is -0.392. The SMILES string of the molecule is CCOC(=O)c1ccc(NC(=O)CCc2c(C)[nH]c(C(=O)OCC)c2C)cc1. The predicted molar refractivity (Wildman–Crippen MR) is 106 cm³/mol. The molecule has 1 aromatic carbocycles. The van der Waals surface area contributed by atoms with E-state index in [4.69, 9.17) is 9.47 Å². The first-order chi connectivity index (χ1) is 13.4. The molecule has 1 amide bonds. The van der Waals surface area contributed by atoms with Crippen LogP contribution < -0.4 is 5.32 Å². The van der Waals surface area contributed by atoms with Crippen molar-refractivity contribution in [1.29, 1.82) is 0 Å². The molecule has 0 spiro atoms. The van der Waals surface area contributed by atoms with Gasteiger partial charge in [-0.25, -0.2) is 9.59 Å². The van der Waals surface area contributed by atoms with Crippen LogP contribution in [-0.2, 0) is 20.7 Å². The van der Waals surface area contributed by atoms with Crippen molar-refractivity contribution in [2.45, 2.75) is 40.5 Å². The minimum absolute atomic E-state index is 0.151. The highest BCUT2D eigenvalue weighted by Gasteiger charge is 2.18. The zero-order chi connectivity index (χ0) is 20.7. The fraction of sp³-hybridized carbons (Fsp3) is 0.381. The number of aryl methyl sites for hydroxylation is 1. The number of carbonyl (C=O) groups excluding carboxylic acids is 3. The zero-order valence-corrected chi connectivity index (χ0v) is 16.7. The number of nitrogens with one attached hydrogen (secondary N) is 2. The Morgan fingerprint density at radius 2 is 1.57 bits per heavy atom. The Balaban J connectivity index is 1.96. The van der Waals surface area contributed by atoms with Crippen LogP contribution >= 0.6 is 0 Å². The van der Waals surface area contributed by atoms with Gasteiger partial charge in [0.25, 0.3) is 0 Å². The van der Waals surface area contributed by atoms with Crippen LogP contribution in [0.5, 0.6) is 0 Å². The van der Waals surface area contributed by atoms with Gasteiger partial charge in [-0.15, -0.1) is 0 Å². The average molecular weight is 386 g/mol. The number of hydrogen-bond acceptors (Lipinski definition) is 5. The van der Waals surface area contributed by atoms with Crippen LogP contribution in [0.25, 0.3) is 0 Å². The molecule has 1 heterocycles. The number of esters is 2. The third-order valence-corrected chi connectivity index (χ3v) is 4.35. The van der Waals surface area contributed by atoms with Crippen LogP contribution in [0.4, 0.5) is 5.69 Å². The van der Waals surface area contributed by atoms with Crippen LogP contribution in [-0.4, -0.2) is 36.0 Å². The van der Waals surface area contributed by atoms with Crippen molar-refractivity contribution in [3.63, 3.8) is 0 Å². The number of amides is 1. The third-order valence-electron chi connectivity index (χ3n) is 4.35. The van der Waals surface area contributed by atoms with Crippen molar-refractivity contribution in [3.05, 3.63) is 52.3 Å². The smallest absolute Gasteiger partial charge is 0.355 e. The first kappa shape index (κ1) is 21.2. The first-order valence-electron chi connectivity index (χ1n) is 9.29. The van der Waals surface area contributed by atoms with Crippen LogP contribution in [0.3, 0.4) is 0 Å². The molecule has 0 bridgehead atoms. The van der Waals surface area contributed by atoms with E-state index >= 15 is 0 Å². The fourth-order valence-corrected chi connectivity index (χ4v) is 2.94. The Labute approximate surface area is 164 Å². The van der Waals surface area contributed by atoms with E-state index in [2.05, 4.69) is 10.3 Å². The molecule has 1 aromatic heterocycles. The van der Waals surface area contributed by atoms with E-state index < -0.39 is 5.97 Å². The molecule has 2 aromatic rings. The number of aromatic nitrogens is 1. The second-order valence-electron chi connectivity index (χ2n) is 6.30. The van der Waals surface area contributed by atoms with Crippen LogP contribution in [0, 0.1) is 13.8 Å². The molecule has 0 aliphatic rings. The van der Waals surface area contributed by atoms with Crippen molar-refractivity contribution < 1.29 is 23.9 Å². The minimum Gasteiger partial charge on any atom is -0.462 e. The molecule has 0 aliphatic heterocycles. The number of rotatable bonds is 8. The number of aromatic amines is 1. The second-order valence-corrected chi connectivity index (χ2v) is 6.30. The van der Waals surface area contributed by atoms with Crippen LogP contribution in [0.15, 0.2) is 24.3 Å². The van der Waals surface area contributed by atoms with E-state index in [-0.39, 0.29) is 18.3 Å². The summed E-state index contributed by atoms with van der Waals surface area (Å²) in [4.78, 5) is 38.9. The summed E-state index contributed by atoms with van der Waals surface area (Å²) in [5.41, 5.74) is 4.08. The molecule has 7 nitrogen and oxygen atoms in total. The highest BCUT2D eigenvalue weighted by atomic mass is 16.5. The summed E-state index contributed by atoms with van der Waals surface area (Å²) in [6.45, 7) is 7.84. The maximum absolute atomic E-state index is 12.3. The molecule has 0 fully saturated rings. The van der Waals surface area contributed by atoms with Gasteiger partial charge in [0.2, 0.25) is 5.91 Å². The summed E-state index contributed by atoms with van der Waals surface area (Å²) >= 11 is 0. The van der Waals surface area contributed by atoms with E-state index in [0.29, 0.717) is 36.6 Å². The second kappa shape index (κ2) is 9.73. The first-order valence-corrected chi connectivity index (χ1v) is 9.29. The molecular formula is C21H26N2O5. The van der Waals surface area contributed by atoms with Crippen LogP contribution in [0.2, 0.25) is 0 Å². The number of benzene rings is 1. The standard InChI is InChI=1S/C21H26N2O5/c1-5-27-20(25)15-7-9-16(10-8-15)23-18(24)12-11-17-13(3)19(22-14(17)4)21(26)28-6-2/h7-10,22H,5-6,11-12H2,1-4H3,(H,23,24). The lowest BCUT2D eigenvalue weighted by atomic mass is 10.0. The van der Waals surface area contributed by atoms with Gasteiger partial charge in [0.1, 0.15) is 5.69 Å². The molecule has 2 N–H and O–H groups in total. The molecule has 2 rings (SSSR count). The number of anilines is 1. The van der Waals surface area contributed by atoms with E-state index in [1.54, 1.807) is 38.1 Å². The highest BCUT2D eigenvalue weighted by Crippen LogP contribution is 2.21. The predicted octanol–water partition coefficient (Wildman–Crippen LogP) is 3.56. The topological polar surface area (TPSA) is 97.5 Å². The van der Waals surface area contributed by atoms with E-state index in [0.717, 1.165) is 16.8 Å². The largest absolute Gasteiger partial charge is 0.462 e. The molecular weight excluding hydrogens is 360 g/mol. The lowest BCUT2D eigenvalue weighted by Crippen LogP contribution is -2.13. The van der Waals surface area contributed by atoms with Crippen molar-refractivity contribution >= 4 is 23.5 Å². The number of H-pyrrole nitrogens is 1.